The zero-order chi connectivity index (χ0) is 16.8. The van der Waals surface area contributed by atoms with Crippen LogP contribution in [0.3, 0.4) is 0 Å². The van der Waals surface area contributed by atoms with Crippen molar-refractivity contribution in [2.45, 2.75) is 108 Å². The first-order valence-corrected chi connectivity index (χ1v) is 11.1. The van der Waals surface area contributed by atoms with Crippen LogP contribution in [0.1, 0.15) is 89.9 Å². The normalized spacial score (nSPS) is 37.9. The van der Waals surface area contributed by atoms with Crippen molar-refractivity contribution in [1.29, 1.82) is 0 Å². The van der Waals surface area contributed by atoms with Crippen molar-refractivity contribution >= 4 is 0 Å². The second-order valence-corrected chi connectivity index (χ2v) is 10.4. The first kappa shape index (κ1) is 17.3. The lowest BCUT2D eigenvalue weighted by molar-refractivity contribution is -0.950. The Morgan fingerprint density at radius 2 is 1.21 bits per heavy atom. The summed E-state index contributed by atoms with van der Waals surface area (Å²) in [5, 5.41) is 12.0. The van der Waals surface area contributed by atoms with Gasteiger partial charge in [0.05, 0.1) is 31.8 Å². The lowest BCUT2D eigenvalue weighted by Crippen LogP contribution is -2.62. The molecule has 3 atom stereocenters. The van der Waals surface area contributed by atoms with Crippen LogP contribution in [0, 0.1) is 17.8 Å². The van der Waals surface area contributed by atoms with Crippen LogP contribution in [0.4, 0.5) is 0 Å². The van der Waals surface area contributed by atoms with Crippen LogP contribution in [0.2, 0.25) is 0 Å². The highest BCUT2D eigenvalue weighted by molar-refractivity contribution is 4.99. The highest BCUT2D eigenvalue weighted by Crippen LogP contribution is 2.50. The van der Waals surface area contributed by atoms with Crippen LogP contribution >= 0.6 is 0 Å². The van der Waals surface area contributed by atoms with Crippen LogP contribution in [-0.4, -0.2) is 41.4 Å². The Hall–Kier alpha value is -0.0800. The van der Waals surface area contributed by atoms with Crippen LogP contribution in [0.25, 0.3) is 0 Å². The van der Waals surface area contributed by atoms with Crippen molar-refractivity contribution in [2.75, 3.05) is 14.1 Å². The molecule has 0 spiro atoms. The molecule has 2 saturated carbocycles. The molecule has 4 rings (SSSR count). The lowest BCUT2D eigenvalue weighted by Gasteiger charge is -2.54. The molecule has 2 saturated heterocycles. The fourth-order valence-corrected chi connectivity index (χ4v) is 7.34. The molecule has 0 aromatic rings. The number of rotatable bonds is 4. The van der Waals surface area contributed by atoms with Gasteiger partial charge in [-0.25, -0.2) is 0 Å². The van der Waals surface area contributed by atoms with Gasteiger partial charge >= 0.3 is 0 Å². The summed E-state index contributed by atoms with van der Waals surface area (Å²) in [6.45, 7) is 0. The van der Waals surface area contributed by atoms with Crippen LogP contribution in [0.15, 0.2) is 0 Å². The largest absolute Gasteiger partial charge is 0.389 e. The second-order valence-electron chi connectivity index (χ2n) is 10.4. The summed E-state index contributed by atoms with van der Waals surface area (Å²) in [6.07, 6.45) is 18.8. The SMILES string of the molecule is C[N+]1(C)[C@@H]2CCC[C@H]1CC(CC(O)(C1CCCC1)C1CCCC1)C2. The third-order valence-electron chi connectivity index (χ3n) is 8.91. The number of fused-ring (bicyclic) bond motifs is 2. The summed E-state index contributed by atoms with van der Waals surface area (Å²) < 4.78 is 1.27. The lowest BCUT2D eigenvalue weighted by atomic mass is 9.66. The number of hydrogen-bond acceptors (Lipinski definition) is 1. The number of nitrogens with zero attached hydrogens (tertiary/aromatic N) is 1. The maximum atomic E-state index is 12.0. The molecule has 24 heavy (non-hydrogen) atoms. The number of quaternary nitrogens is 1. The molecule has 4 fully saturated rings. The van der Waals surface area contributed by atoms with E-state index in [2.05, 4.69) is 14.1 Å². The Labute approximate surface area is 149 Å². The Kier molecular flexibility index (Phi) is 4.75. The fraction of sp³-hybridized carbons (Fsp3) is 1.00. The fourth-order valence-electron chi connectivity index (χ4n) is 7.34. The Balaban J connectivity index is 1.50. The molecular weight excluding hydrogens is 294 g/mol. The van der Waals surface area contributed by atoms with Gasteiger partial charge in [0.25, 0.3) is 0 Å². The Morgan fingerprint density at radius 1 is 0.750 bits per heavy atom. The molecule has 1 unspecified atom stereocenters. The van der Waals surface area contributed by atoms with Gasteiger partial charge in [-0.1, -0.05) is 25.7 Å². The average molecular weight is 335 g/mol. The molecular formula is C22H40NO+. The summed E-state index contributed by atoms with van der Waals surface area (Å²) in [5.41, 5.74) is -0.319. The summed E-state index contributed by atoms with van der Waals surface area (Å²) in [5.74, 6) is 2.02. The van der Waals surface area contributed by atoms with Gasteiger partial charge in [-0.15, -0.1) is 0 Å². The first-order chi connectivity index (χ1) is 11.5. The number of aliphatic hydroxyl groups is 1. The molecule has 0 radical (unpaired) electrons. The van der Waals surface area contributed by atoms with E-state index in [9.17, 15) is 5.11 Å². The first-order valence-electron chi connectivity index (χ1n) is 11.1. The van der Waals surface area contributed by atoms with E-state index in [0.29, 0.717) is 11.8 Å². The maximum Gasteiger partial charge on any atom is 0.0891 e. The van der Waals surface area contributed by atoms with Crippen molar-refractivity contribution < 1.29 is 9.59 Å². The van der Waals surface area contributed by atoms with Crippen LogP contribution in [0.5, 0.6) is 0 Å². The summed E-state index contributed by atoms with van der Waals surface area (Å²) in [4.78, 5) is 0. The van der Waals surface area contributed by atoms with E-state index in [0.717, 1.165) is 24.4 Å². The number of hydrogen-bond donors (Lipinski definition) is 1. The van der Waals surface area contributed by atoms with Gasteiger partial charge in [0.1, 0.15) is 0 Å². The number of piperidine rings is 2. The second kappa shape index (κ2) is 6.58. The molecule has 2 aliphatic carbocycles. The van der Waals surface area contributed by atoms with Crippen molar-refractivity contribution in [2.24, 2.45) is 17.8 Å². The van der Waals surface area contributed by atoms with Crippen molar-refractivity contribution in [3.63, 3.8) is 0 Å². The third kappa shape index (κ3) is 2.96. The van der Waals surface area contributed by atoms with Crippen molar-refractivity contribution in [3.05, 3.63) is 0 Å². The van der Waals surface area contributed by atoms with Crippen LogP contribution in [-0.2, 0) is 0 Å². The van der Waals surface area contributed by atoms with Gasteiger partial charge in [0.2, 0.25) is 0 Å². The van der Waals surface area contributed by atoms with Gasteiger partial charge < -0.3 is 9.59 Å². The quantitative estimate of drug-likeness (QED) is 0.725. The minimum absolute atomic E-state index is 0.319. The zero-order valence-electron chi connectivity index (χ0n) is 16.2. The summed E-state index contributed by atoms with van der Waals surface area (Å²) in [6, 6.07) is 1.72. The molecule has 2 heteroatoms. The minimum Gasteiger partial charge on any atom is -0.389 e. The molecule has 2 nitrogen and oxygen atoms in total. The average Bonchev–Trinajstić information content (AvgIpc) is 3.22. The monoisotopic (exact) mass is 334 g/mol. The Morgan fingerprint density at radius 3 is 1.67 bits per heavy atom. The predicted octanol–water partition coefficient (Wildman–Crippen LogP) is 4.90. The molecule has 4 aliphatic rings. The molecule has 2 aliphatic heterocycles. The van der Waals surface area contributed by atoms with E-state index >= 15 is 0 Å². The third-order valence-corrected chi connectivity index (χ3v) is 8.91. The van der Waals surface area contributed by atoms with E-state index in [1.54, 1.807) is 0 Å². The molecule has 138 valence electrons. The predicted molar refractivity (Wildman–Crippen MR) is 99.7 cm³/mol. The highest BCUT2D eigenvalue weighted by atomic mass is 16.3. The molecule has 0 aromatic carbocycles. The van der Waals surface area contributed by atoms with E-state index in [4.69, 9.17) is 0 Å². The molecule has 1 N–H and O–H groups in total. The minimum atomic E-state index is -0.319. The zero-order valence-corrected chi connectivity index (χ0v) is 16.2. The summed E-state index contributed by atoms with van der Waals surface area (Å²) in [7, 11) is 4.95. The van der Waals surface area contributed by atoms with Gasteiger partial charge in [-0.3, -0.25) is 0 Å². The molecule has 2 bridgehead atoms. The highest BCUT2D eigenvalue weighted by Gasteiger charge is 2.51. The van der Waals surface area contributed by atoms with Crippen molar-refractivity contribution in [3.8, 4) is 0 Å². The Bertz CT molecular complexity index is 401. The van der Waals surface area contributed by atoms with Gasteiger partial charge in [-0.2, -0.15) is 0 Å². The maximum absolute atomic E-state index is 12.0. The van der Waals surface area contributed by atoms with Crippen LogP contribution < -0.4 is 0 Å². The smallest absolute Gasteiger partial charge is 0.0891 e. The molecule has 0 amide bonds. The van der Waals surface area contributed by atoms with E-state index in [1.807, 2.05) is 0 Å². The van der Waals surface area contributed by atoms with E-state index < -0.39 is 0 Å². The van der Waals surface area contributed by atoms with E-state index in [-0.39, 0.29) is 5.60 Å². The topological polar surface area (TPSA) is 20.2 Å². The van der Waals surface area contributed by atoms with Gasteiger partial charge in [-0.05, 0) is 69.1 Å². The standard InChI is InChI=1S/C22H40NO/c1-23(2)20-12-7-13-21(23)15-17(14-20)16-22(24,18-8-3-4-9-18)19-10-5-6-11-19/h17-21,24H,3-16H2,1-2H3/q+1/t17?,20-,21+. The van der Waals surface area contributed by atoms with Gasteiger partial charge in [0, 0.05) is 12.8 Å². The molecule has 0 aromatic heterocycles. The summed E-state index contributed by atoms with van der Waals surface area (Å²) >= 11 is 0. The van der Waals surface area contributed by atoms with E-state index in [1.165, 1.54) is 88.0 Å². The molecule has 2 heterocycles. The van der Waals surface area contributed by atoms with Gasteiger partial charge in [0.15, 0.2) is 0 Å². The van der Waals surface area contributed by atoms with Crippen molar-refractivity contribution in [1.82, 2.24) is 0 Å².